The van der Waals surface area contributed by atoms with E-state index in [1.54, 1.807) is 0 Å². The highest BCUT2D eigenvalue weighted by atomic mass is 16.5. The highest BCUT2D eigenvalue weighted by molar-refractivity contribution is 5.18. The minimum absolute atomic E-state index is 0.379. The van der Waals surface area contributed by atoms with Crippen LogP contribution < -0.4 is 5.73 Å². The van der Waals surface area contributed by atoms with Crippen LogP contribution >= 0.6 is 0 Å². The standard InChI is InChI=1S/C14H22N4O/c15-14-17-12(8-10-6-7-19-9-10)16-13(18-14)11-4-2-1-3-5-11/h10-11H,1-9H2,(H2,15,16,17,18). The molecule has 2 heterocycles. The van der Waals surface area contributed by atoms with E-state index in [2.05, 4.69) is 15.0 Å². The molecule has 1 atom stereocenters. The van der Waals surface area contributed by atoms with Gasteiger partial charge in [-0.3, -0.25) is 0 Å². The molecule has 1 saturated carbocycles. The van der Waals surface area contributed by atoms with Gasteiger partial charge in [0.25, 0.3) is 0 Å². The predicted octanol–water partition coefficient (Wildman–Crippen LogP) is 2.08. The molecule has 1 aliphatic carbocycles. The molecule has 1 aliphatic heterocycles. The molecule has 0 spiro atoms. The Hall–Kier alpha value is -1.23. The van der Waals surface area contributed by atoms with Crippen molar-refractivity contribution in [1.82, 2.24) is 15.0 Å². The van der Waals surface area contributed by atoms with Gasteiger partial charge in [0.1, 0.15) is 11.6 Å². The van der Waals surface area contributed by atoms with Gasteiger partial charge in [-0.25, -0.2) is 4.98 Å². The van der Waals surface area contributed by atoms with Gasteiger partial charge in [-0.05, 0) is 25.2 Å². The zero-order valence-electron chi connectivity index (χ0n) is 11.3. The number of nitrogens with zero attached hydrogens (tertiary/aromatic N) is 3. The van der Waals surface area contributed by atoms with Crippen molar-refractivity contribution in [2.75, 3.05) is 18.9 Å². The van der Waals surface area contributed by atoms with Crippen LogP contribution in [0.5, 0.6) is 0 Å². The van der Waals surface area contributed by atoms with Crippen LogP contribution in [0.2, 0.25) is 0 Å². The highest BCUT2D eigenvalue weighted by Gasteiger charge is 2.22. The SMILES string of the molecule is Nc1nc(CC2CCOC2)nc(C2CCCCC2)n1. The fourth-order valence-electron chi connectivity index (χ4n) is 3.09. The Balaban J connectivity index is 1.74. The Kier molecular flexibility index (Phi) is 3.92. The molecule has 0 aromatic carbocycles. The number of hydrogen-bond acceptors (Lipinski definition) is 5. The first kappa shape index (κ1) is 12.8. The van der Waals surface area contributed by atoms with Crippen LogP contribution in [0.3, 0.4) is 0 Å². The largest absolute Gasteiger partial charge is 0.381 e. The third-order valence-corrected chi connectivity index (χ3v) is 4.18. The molecule has 1 unspecified atom stereocenters. The van der Waals surface area contributed by atoms with Crippen LogP contribution in [-0.2, 0) is 11.2 Å². The average molecular weight is 262 g/mol. The van der Waals surface area contributed by atoms with Crippen LogP contribution in [0, 0.1) is 5.92 Å². The van der Waals surface area contributed by atoms with E-state index in [9.17, 15) is 0 Å². The fourth-order valence-corrected chi connectivity index (χ4v) is 3.09. The van der Waals surface area contributed by atoms with Gasteiger partial charge < -0.3 is 10.5 Å². The van der Waals surface area contributed by atoms with Crippen molar-refractivity contribution in [3.8, 4) is 0 Å². The molecule has 1 aromatic rings. The summed E-state index contributed by atoms with van der Waals surface area (Å²) in [6.07, 6.45) is 8.25. The summed E-state index contributed by atoms with van der Waals surface area (Å²) >= 11 is 0. The zero-order chi connectivity index (χ0) is 13.1. The molecule has 0 amide bonds. The first-order chi connectivity index (χ1) is 9.31. The average Bonchev–Trinajstić information content (AvgIpc) is 2.92. The first-order valence-corrected chi connectivity index (χ1v) is 7.39. The number of ether oxygens (including phenoxy) is 1. The van der Waals surface area contributed by atoms with Gasteiger partial charge >= 0.3 is 0 Å². The number of aromatic nitrogens is 3. The Labute approximate surface area is 114 Å². The Morgan fingerprint density at radius 1 is 1.05 bits per heavy atom. The Bertz CT molecular complexity index is 425. The van der Waals surface area contributed by atoms with Crippen LogP contribution in [0.15, 0.2) is 0 Å². The maximum atomic E-state index is 5.85. The topological polar surface area (TPSA) is 73.9 Å². The predicted molar refractivity (Wildman–Crippen MR) is 72.7 cm³/mol. The molecule has 2 N–H and O–H groups in total. The molecule has 0 radical (unpaired) electrons. The van der Waals surface area contributed by atoms with Crippen molar-refractivity contribution in [3.05, 3.63) is 11.6 Å². The van der Waals surface area contributed by atoms with E-state index in [1.807, 2.05) is 0 Å². The van der Waals surface area contributed by atoms with Crippen LogP contribution in [-0.4, -0.2) is 28.2 Å². The quantitative estimate of drug-likeness (QED) is 0.902. The monoisotopic (exact) mass is 262 g/mol. The molecule has 0 bridgehead atoms. The zero-order valence-corrected chi connectivity index (χ0v) is 11.3. The molecular formula is C14H22N4O. The molecule has 2 aliphatic rings. The van der Waals surface area contributed by atoms with E-state index in [-0.39, 0.29) is 0 Å². The van der Waals surface area contributed by atoms with Gasteiger partial charge in [0.15, 0.2) is 0 Å². The number of rotatable bonds is 3. The summed E-state index contributed by atoms with van der Waals surface area (Å²) in [7, 11) is 0. The van der Waals surface area contributed by atoms with Gasteiger partial charge in [0.05, 0.1) is 0 Å². The Morgan fingerprint density at radius 3 is 2.63 bits per heavy atom. The number of nitrogens with two attached hydrogens (primary N) is 1. The fraction of sp³-hybridized carbons (Fsp3) is 0.786. The molecule has 5 heteroatoms. The lowest BCUT2D eigenvalue weighted by molar-refractivity contribution is 0.185. The summed E-state index contributed by atoms with van der Waals surface area (Å²) in [6.45, 7) is 1.69. The molecule has 19 heavy (non-hydrogen) atoms. The molecular weight excluding hydrogens is 240 g/mol. The lowest BCUT2D eigenvalue weighted by atomic mass is 9.88. The summed E-state index contributed by atoms with van der Waals surface area (Å²) < 4.78 is 5.40. The van der Waals surface area contributed by atoms with Crippen LogP contribution in [0.25, 0.3) is 0 Å². The normalized spacial score (nSPS) is 24.7. The molecule has 1 saturated heterocycles. The summed E-state index contributed by atoms with van der Waals surface area (Å²) in [5.41, 5.74) is 5.85. The van der Waals surface area contributed by atoms with Gasteiger partial charge in [-0.1, -0.05) is 19.3 Å². The third kappa shape index (κ3) is 3.21. The molecule has 2 fully saturated rings. The van der Waals surface area contributed by atoms with Crippen molar-refractivity contribution in [1.29, 1.82) is 0 Å². The van der Waals surface area contributed by atoms with Gasteiger partial charge in [0, 0.05) is 25.6 Å². The van der Waals surface area contributed by atoms with E-state index in [0.29, 0.717) is 17.8 Å². The summed E-state index contributed by atoms with van der Waals surface area (Å²) in [5.74, 6) is 3.17. The number of nitrogen functional groups attached to an aromatic ring is 1. The van der Waals surface area contributed by atoms with E-state index < -0.39 is 0 Å². The van der Waals surface area contributed by atoms with E-state index in [1.165, 1.54) is 32.1 Å². The van der Waals surface area contributed by atoms with Gasteiger partial charge in [-0.15, -0.1) is 0 Å². The molecule has 3 rings (SSSR count). The highest BCUT2D eigenvalue weighted by Crippen LogP contribution is 2.31. The minimum Gasteiger partial charge on any atom is -0.381 e. The van der Waals surface area contributed by atoms with Crippen molar-refractivity contribution in [2.45, 2.75) is 50.9 Å². The molecule has 5 nitrogen and oxygen atoms in total. The van der Waals surface area contributed by atoms with Gasteiger partial charge in [0.2, 0.25) is 5.95 Å². The second kappa shape index (κ2) is 5.82. The lowest BCUT2D eigenvalue weighted by Gasteiger charge is -2.20. The second-order valence-corrected chi connectivity index (χ2v) is 5.74. The number of anilines is 1. The smallest absolute Gasteiger partial charge is 0.223 e. The minimum atomic E-state index is 0.379. The van der Waals surface area contributed by atoms with Crippen molar-refractivity contribution >= 4 is 5.95 Å². The van der Waals surface area contributed by atoms with Crippen LogP contribution in [0.4, 0.5) is 5.95 Å². The third-order valence-electron chi connectivity index (χ3n) is 4.18. The van der Waals surface area contributed by atoms with E-state index in [0.717, 1.165) is 37.7 Å². The van der Waals surface area contributed by atoms with Gasteiger partial charge in [-0.2, -0.15) is 9.97 Å². The van der Waals surface area contributed by atoms with Crippen LogP contribution in [0.1, 0.15) is 56.1 Å². The molecule has 104 valence electrons. The lowest BCUT2D eigenvalue weighted by Crippen LogP contribution is -2.15. The maximum absolute atomic E-state index is 5.85. The maximum Gasteiger partial charge on any atom is 0.223 e. The second-order valence-electron chi connectivity index (χ2n) is 5.74. The van der Waals surface area contributed by atoms with Crippen molar-refractivity contribution < 1.29 is 4.74 Å². The van der Waals surface area contributed by atoms with Crippen molar-refractivity contribution in [3.63, 3.8) is 0 Å². The molecule has 1 aromatic heterocycles. The Morgan fingerprint density at radius 2 is 1.89 bits per heavy atom. The summed E-state index contributed by atoms with van der Waals surface area (Å²) in [6, 6.07) is 0. The first-order valence-electron chi connectivity index (χ1n) is 7.39. The number of hydrogen-bond donors (Lipinski definition) is 1. The summed E-state index contributed by atoms with van der Waals surface area (Å²) in [4.78, 5) is 13.3. The summed E-state index contributed by atoms with van der Waals surface area (Å²) in [5, 5.41) is 0. The van der Waals surface area contributed by atoms with E-state index in [4.69, 9.17) is 10.5 Å². The van der Waals surface area contributed by atoms with Crippen molar-refractivity contribution in [2.24, 2.45) is 5.92 Å². The van der Waals surface area contributed by atoms with E-state index >= 15 is 0 Å².